The maximum atomic E-state index is 6.07. The molecule has 1 aromatic heterocycles. The van der Waals surface area contributed by atoms with Gasteiger partial charge in [-0.15, -0.1) is 0 Å². The largest absolute Gasteiger partial charge is 0.491 e. The van der Waals surface area contributed by atoms with Gasteiger partial charge >= 0.3 is 7.12 Å². The summed E-state index contributed by atoms with van der Waals surface area (Å²) < 4.78 is 13.9. The molecule has 0 bridgehead atoms. The second kappa shape index (κ2) is 5.24. The molecule has 6 heteroatoms. The van der Waals surface area contributed by atoms with Crippen LogP contribution in [0.1, 0.15) is 39.0 Å². The molecular weight excluding hydrogens is 271 g/mol. The molecule has 2 heterocycles. The number of rotatable bonds is 3. The van der Waals surface area contributed by atoms with E-state index in [0.717, 1.165) is 16.7 Å². The minimum Gasteiger partial charge on any atom is -0.400 e. The molecule has 1 aromatic rings. The highest BCUT2D eigenvalue weighted by Gasteiger charge is 2.52. The van der Waals surface area contributed by atoms with Gasteiger partial charge in [-0.25, -0.2) is 0 Å². The van der Waals surface area contributed by atoms with Crippen molar-refractivity contribution in [1.82, 2.24) is 9.78 Å². The minimum atomic E-state index is -0.350. The topological polar surface area (TPSA) is 36.3 Å². The molecule has 110 valence electrons. The van der Waals surface area contributed by atoms with E-state index < -0.39 is 0 Å². The molecule has 4 nitrogen and oxygen atoms in total. The van der Waals surface area contributed by atoms with Crippen LogP contribution < -0.4 is 0 Å². The van der Waals surface area contributed by atoms with Gasteiger partial charge in [0, 0.05) is 24.6 Å². The Hall–Kier alpha value is -0.715. The van der Waals surface area contributed by atoms with Crippen LogP contribution in [-0.2, 0) is 16.4 Å². The van der Waals surface area contributed by atoms with E-state index in [-0.39, 0.29) is 18.3 Å². The van der Waals surface area contributed by atoms with Crippen LogP contribution in [0, 0.1) is 6.92 Å². The van der Waals surface area contributed by atoms with Crippen molar-refractivity contribution < 1.29 is 9.31 Å². The predicted octanol–water partition coefficient (Wildman–Crippen LogP) is 2.67. The van der Waals surface area contributed by atoms with Crippen LogP contribution in [0.4, 0.5) is 0 Å². The maximum Gasteiger partial charge on any atom is 0.491 e. The van der Waals surface area contributed by atoms with Gasteiger partial charge in [0.05, 0.1) is 16.9 Å². The molecule has 0 radical (unpaired) electrons. The Morgan fingerprint density at radius 1 is 1.35 bits per heavy atom. The maximum absolute atomic E-state index is 6.07. The van der Waals surface area contributed by atoms with Gasteiger partial charge in [0.25, 0.3) is 0 Å². The van der Waals surface area contributed by atoms with Crippen LogP contribution in [0.2, 0.25) is 0 Å². The molecule has 0 aromatic carbocycles. The van der Waals surface area contributed by atoms with Crippen LogP contribution in [0.15, 0.2) is 11.7 Å². The Morgan fingerprint density at radius 2 is 1.90 bits per heavy atom. The number of aryl methyl sites for hydroxylation is 2. The van der Waals surface area contributed by atoms with Crippen molar-refractivity contribution in [1.29, 1.82) is 0 Å². The minimum absolute atomic E-state index is 0.330. The summed E-state index contributed by atoms with van der Waals surface area (Å²) in [7, 11) is 1.57. The molecular formula is C14H23BN2O2S. The summed E-state index contributed by atoms with van der Waals surface area (Å²) in [4.78, 5) is 0. The van der Waals surface area contributed by atoms with E-state index in [1.807, 2.05) is 24.9 Å². The van der Waals surface area contributed by atoms with Crippen molar-refractivity contribution in [3.63, 3.8) is 0 Å². The number of hydrogen-bond donors (Lipinski definition) is 1. The molecule has 0 atom stereocenters. The number of aromatic nitrogens is 2. The van der Waals surface area contributed by atoms with Crippen molar-refractivity contribution in [2.24, 2.45) is 7.05 Å². The average molecular weight is 294 g/mol. The lowest BCUT2D eigenvalue weighted by Gasteiger charge is -2.32. The second-order valence-electron chi connectivity index (χ2n) is 6.31. The second-order valence-corrected chi connectivity index (χ2v) is 6.63. The third kappa shape index (κ3) is 2.82. The van der Waals surface area contributed by atoms with Gasteiger partial charge in [0.2, 0.25) is 0 Å². The SMILES string of the molecule is Cc1nn(C)cc1C=C(CS)B1OC(C)(C)C(C)(C)O1. The third-order valence-electron chi connectivity index (χ3n) is 4.13. The Bertz CT molecular complexity index is 521. The van der Waals surface area contributed by atoms with Crippen LogP contribution >= 0.6 is 12.6 Å². The third-order valence-corrected chi connectivity index (χ3v) is 4.50. The van der Waals surface area contributed by atoms with Crippen molar-refractivity contribution in [3.8, 4) is 0 Å². The fourth-order valence-corrected chi connectivity index (χ4v) is 2.38. The van der Waals surface area contributed by atoms with E-state index in [1.54, 1.807) is 0 Å². The Labute approximate surface area is 127 Å². The number of nitrogens with zero attached hydrogens (tertiary/aromatic N) is 2. The zero-order valence-corrected chi connectivity index (χ0v) is 14.0. The molecule has 2 rings (SSSR count). The first-order valence-corrected chi connectivity index (χ1v) is 7.47. The molecule has 0 unspecified atom stereocenters. The van der Waals surface area contributed by atoms with E-state index >= 15 is 0 Å². The van der Waals surface area contributed by atoms with Gasteiger partial charge in [-0.2, -0.15) is 17.7 Å². The molecule has 0 aliphatic carbocycles. The molecule has 1 saturated heterocycles. The van der Waals surface area contributed by atoms with E-state index in [1.165, 1.54) is 0 Å². The Balaban J connectivity index is 2.29. The predicted molar refractivity (Wildman–Crippen MR) is 85.9 cm³/mol. The lowest BCUT2D eigenvalue weighted by atomic mass is 9.78. The van der Waals surface area contributed by atoms with Crippen molar-refractivity contribution >= 4 is 25.8 Å². The first-order chi connectivity index (χ1) is 9.16. The molecule has 0 spiro atoms. The van der Waals surface area contributed by atoms with Gasteiger partial charge in [-0.1, -0.05) is 6.08 Å². The van der Waals surface area contributed by atoms with Gasteiger partial charge < -0.3 is 9.31 Å². The van der Waals surface area contributed by atoms with E-state index in [9.17, 15) is 0 Å². The molecule has 1 aliphatic heterocycles. The van der Waals surface area contributed by atoms with E-state index in [0.29, 0.717) is 5.75 Å². The van der Waals surface area contributed by atoms with Crippen LogP contribution in [0.25, 0.3) is 6.08 Å². The Morgan fingerprint density at radius 3 is 2.30 bits per heavy atom. The molecule has 0 saturated carbocycles. The molecule has 1 fully saturated rings. The summed E-state index contributed by atoms with van der Waals surface area (Å²) in [5, 5.41) is 4.35. The highest BCUT2D eigenvalue weighted by Crippen LogP contribution is 2.39. The number of thiol groups is 1. The molecule has 20 heavy (non-hydrogen) atoms. The van der Waals surface area contributed by atoms with Gasteiger partial charge in [-0.05, 0) is 40.1 Å². The normalized spacial score (nSPS) is 21.6. The van der Waals surface area contributed by atoms with Crippen molar-refractivity contribution in [2.75, 3.05) is 5.75 Å². The fourth-order valence-electron chi connectivity index (χ4n) is 2.14. The summed E-state index contributed by atoms with van der Waals surface area (Å²) in [5.74, 6) is 0.588. The van der Waals surface area contributed by atoms with Crippen LogP contribution in [-0.4, -0.2) is 33.9 Å². The fraction of sp³-hybridized carbons (Fsp3) is 0.643. The van der Waals surface area contributed by atoms with Crippen LogP contribution in [0.5, 0.6) is 0 Å². The van der Waals surface area contributed by atoms with Gasteiger partial charge in [-0.3, -0.25) is 4.68 Å². The van der Waals surface area contributed by atoms with E-state index in [2.05, 4.69) is 51.5 Å². The summed E-state index contributed by atoms with van der Waals surface area (Å²) >= 11 is 4.42. The highest BCUT2D eigenvalue weighted by molar-refractivity contribution is 7.80. The first-order valence-electron chi connectivity index (χ1n) is 6.83. The standard InChI is InChI=1S/C14H23BN2O2S/c1-10-11(8-17(6)16-10)7-12(9-20)15-18-13(2,3)14(4,5)19-15/h7-8,20H,9H2,1-6H3. The van der Waals surface area contributed by atoms with E-state index in [4.69, 9.17) is 9.31 Å². The monoisotopic (exact) mass is 294 g/mol. The summed E-state index contributed by atoms with van der Waals surface area (Å²) in [6, 6.07) is 0. The van der Waals surface area contributed by atoms with Crippen molar-refractivity contribution in [2.45, 2.75) is 45.8 Å². The average Bonchev–Trinajstić information content (AvgIpc) is 2.72. The lowest BCUT2D eigenvalue weighted by Crippen LogP contribution is -2.41. The summed E-state index contributed by atoms with van der Waals surface area (Å²) in [6.45, 7) is 10.2. The summed E-state index contributed by atoms with van der Waals surface area (Å²) in [6.07, 6.45) is 4.06. The zero-order chi connectivity index (χ0) is 15.1. The smallest absolute Gasteiger partial charge is 0.400 e. The van der Waals surface area contributed by atoms with Crippen molar-refractivity contribution in [3.05, 3.63) is 22.9 Å². The zero-order valence-electron chi connectivity index (χ0n) is 13.1. The molecule has 0 amide bonds. The van der Waals surface area contributed by atoms with Gasteiger partial charge in [0.15, 0.2) is 0 Å². The number of hydrogen-bond acceptors (Lipinski definition) is 4. The first kappa shape index (κ1) is 15.7. The molecule has 0 N–H and O–H groups in total. The quantitative estimate of drug-likeness (QED) is 0.688. The summed E-state index contributed by atoms with van der Waals surface area (Å²) in [5.41, 5.74) is 2.42. The molecule has 1 aliphatic rings. The lowest BCUT2D eigenvalue weighted by molar-refractivity contribution is 0.00578. The Kier molecular flexibility index (Phi) is 4.11. The highest BCUT2D eigenvalue weighted by atomic mass is 32.1. The van der Waals surface area contributed by atoms with Crippen LogP contribution in [0.3, 0.4) is 0 Å². The van der Waals surface area contributed by atoms with Gasteiger partial charge in [0.1, 0.15) is 0 Å².